The molecule has 0 amide bonds. The Morgan fingerprint density at radius 2 is 1.93 bits per heavy atom. The summed E-state index contributed by atoms with van der Waals surface area (Å²) in [5.74, 6) is 0.548. The number of nitrogens with zero attached hydrogens (tertiary/aromatic N) is 3. The zero-order valence-corrected chi connectivity index (χ0v) is 23.8. The molecular formula is C31H31N3O5S. The predicted octanol–water partition coefficient (Wildman–Crippen LogP) is 4.25. The van der Waals surface area contributed by atoms with Crippen molar-refractivity contribution in [1.82, 2.24) is 9.13 Å². The summed E-state index contributed by atoms with van der Waals surface area (Å²) in [4.78, 5) is 32.5. The summed E-state index contributed by atoms with van der Waals surface area (Å²) in [6.45, 7) is 10.0. The highest BCUT2D eigenvalue weighted by Crippen LogP contribution is 2.36. The number of thiazole rings is 1. The molecule has 0 fully saturated rings. The molecule has 8 nitrogen and oxygen atoms in total. The first-order valence-electron chi connectivity index (χ1n) is 13.1. The first-order chi connectivity index (χ1) is 19.4. The Labute approximate surface area is 235 Å². The van der Waals surface area contributed by atoms with Crippen molar-refractivity contribution in [1.29, 1.82) is 0 Å². The average Bonchev–Trinajstić information content (AvgIpc) is 3.42. The number of hydrogen-bond acceptors (Lipinski definition) is 7. The van der Waals surface area contributed by atoms with Gasteiger partial charge >= 0.3 is 5.97 Å². The van der Waals surface area contributed by atoms with Gasteiger partial charge < -0.3 is 18.8 Å². The molecule has 3 heterocycles. The van der Waals surface area contributed by atoms with Gasteiger partial charge in [-0.25, -0.2) is 9.79 Å². The van der Waals surface area contributed by atoms with E-state index < -0.39 is 12.0 Å². The number of ether oxygens (including phenoxy) is 3. The van der Waals surface area contributed by atoms with E-state index in [2.05, 4.69) is 11.6 Å². The van der Waals surface area contributed by atoms with Crippen molar-refractivity contribution in [3.05, 3.63) is 103 Å². The molecule has 0 aliphatic carbocycles. The summed E-state index contributed by atoms with van der Waals surface area (Å²) in [6, 6.07) is 12.7. The molecule has 0 unspecified atom stereocenters. The van der Waals surface area contributed by atoms with Crippen molar-refractivity contribution in [2.45, 2.75) is 26.8 Å². The zero-order valence-electron chi connectivity index (χ0n) is 23.0. The van der Waals surface area contributed by atoms with Gasteiger partial charge in [-0.05, 0) is 50.6 Å². The maximum absolute atomic E-state index is 14.0. The maximum Gasteiger partial charge on any atom is 0.338 e. The third-order valence-electron chi connectivity index (χ3n) is 6.67. The van der Waals surface area contributed by atoms with Crippen LogP contribution in [0.3, 0.4) is 0 Å². The van der Waals surface area contributed by atoms with Gasteiger partial charge in [-0.15, -0.1) is 0 Å². The molecule has 9 heteroatoms. The van der Waals surface area contributed by atoms with E-state index in [-0.39, 0.29) is 12.2 Å². The third kappa shape index (κ3) is 4.88. The lowest BCUT2D eigenvalue weighted by Gasteiger charge is -2.25. The number of benzene rings is 2. The number of rotatable bonds is 9. The summed E-state index contributed by atoms with van der Waals surface area (Å²) in [7, 11) is 1.98. The highest BCUT2D eigenvalue weighted by molar-refractivity contribution is 7.07. The van der Waals surface area contributed by atoms with Crippen molar-refractivity contribution in [3.63, 3.8) is 0 Å². The van der Waals surface area contributed by atoms with Crippen LogP contribution >= 0.6 is 11.3 Å². The molecular weight excluding hydrogens is 526 g/mol. The van der Waals surface area contributed by atoms with E-state index in [1.54, 1.807) is 30.6 Å². The van der Waals surface area contributed by atoms with Crippen LogP contribution in [-0.4, -0.2) is 34.9 Å². The number of allylic oxidation sites excluding steroid dienone is 1. The molecule has 1 aliphatic heterocycles. The van der Waals surface area contributed by atoms with E-state index in [0.717, 1.165) is 16.5 Å². The molecule has 1 atom stereocenters. The molecule has 1 aliphatic rings. The summed E-state index contributed by atoms with van der Waals surface area (Å²) in [5, 5.41) is 1.05. The van der Waals surface area contributed by atoms with E-state index in [9.17, 15) is 9.59 Å². The molecule has 0 radical (unpaired) electrons. The van der Waals surface area contributed by atoms with Crippen LogP contribution in [0.1, 0.15) is 37.9 Å². The Kier molecular flexibility index (Phi) is 7.75. The van der Waals surface area contributed by atoms with Crippen LogP contribution in [0.2, 0.25) is 0 Å². The van der Waals surface area contributed by atoms with Gasteiger partial charge in [0.05, 0.1) is 35.1 Å². The third-order valence-corrected chi connectivity index (χ3v) is 7.65. The topological polar surface area (TPSA) is 84.0 Å². The molecule has 0 saturated carbocycles. The maximum atomic E-state index is 14.0. The summed E-state index contributed by atoms with van der Waals surface area (Å²) in [5.41, 5.74) is 3.27. The Hall–Kier alpha value is -4.37. The van der Waals surface area contributed by atoms with Gasteiger partial charge in [0.2, 0.25) is 0 Å². The highest BCUT2D eigenvalue weighted by atomic mass is 32.1. The number of esters is 1. The minimum Gasteiger partial charge on any atom is -0.490 e. The van der Waals surface area contributed by atoms with Crippen LogP contribution in [0.15, 0.2) is 82.4 Å². The summed E-state index contributed by atoms with van der Waals surface area (Å²) < 4.78 is 21.2. The van der Waals surface area contributed by atoms with Gasteiger partial charge in [-0.3, -0.25) is 9.36 Å². The molecule has 0 saturated heterocycles. The number of carbonyl (C=O) groups excluding carboxylic acids is 1. The fraction of sp³-hybridized carbons (Fsp3) is 0.258. The number of hydrogen-bond donors (Lipinski definition) is 0. The first kappa shape index (κ1) is 27.2. The smallest absolute Gasteiger partial charge is 0.338 e. The van der Waals surface area contributed by atoms with E-state index >= 15 is 0 Å². The highest BCUT2D eigenvalue weighted by Gasteiger charge is 2.34. The number of aryl methyl sites for hydroxylation is 1. The molecule has 2 aromatic carbocycles. The first-order valence-corrected chi connectivity index (χ1v) is 13.9. The lowest BCUT2D eigenvalue weighted by atomic mass is 9.95. The van der Waals surface area contributed by atoms with Crippen molar-refractivity contribution in [3.8, 4) is 11.5 Å². The average molecular weight is 558 g/mol. The van der Waals surface area contributed by atoms with Crippen LogP contribution in [-0.2, 0) is 16.6 Å². The van der Waals surface area contributed by atoms with E-state index in [1.165, 1.54) is 11.3 Å². The molecule has 0 spiro atoms. The number of carbonyl (C=O) groups is 1. The second kappa shape index (κ2) is 11.4. The van der Waals surface area contributed by atoms with E-state index in [4.69, 9.17) is 14.2 Å². The Morgan fingerprint density at radius 1 is 1.12 bits per heavy atom. The van der Waals surface area contributed by atoms with Crippen LogP contribution in [0.4, 0.5) is 0 Å². The second-order valence-corrected chi connectivity index (χ2v) is 10.3. The van der Waals surface area contributed by atoms with Crippen LogP contribution in [0.5, 0.6) is 11.5 Å². The van der Waals surface area contributed by atoms with E-state index in [0.29, 0.717) is 50.9 Å². The molecule has 2 aromatic heterocycles. The number of fused-ring (bicyclic) bond motifs is 2. The largest absolute Gasteiger partial charge is 0.490 e. The molecule has 5 rings (SSSR count). The molecule has 0 N–H and O–H groups in total. The normalized spacial score (nSPS) is 15.1. The molecule has 0 bridgehead atoms. The summed E-state index contributed by atoms with van der Waals surface area (Å²) in [6.07, 6.45) is 5.55. The van der Waals surface area contributed by atoms with Crippen LogP contribution in [0.25, 0.3) is 17.0 Å². The summed E-state index contributed by atoms with van der Waals surface area (Å²) >= 11 is 1.30. The minimum absolute atomic E-state index is 0.201. The molecule has 4 aromatic rings. The van der Waals surface area contributed by atoms with Gasteiger partial charge in [-0.2, -0.15) is 0 Å². The van der Waals surface area contributed by atoms with Crippen molar-refractivity contribution < 1.29 is 19.0 Å². The quantitative estimate of drug-likeness (QED) is 0.227. The fourth-order valence-corrected chi connectivity index (χ4v) is 6.00. The fourth-order valence-electron chi connectivity index (χ4n) is 4.97. The van der Waals surface area contributed by atoms with Gasteiger partial charge in [0.15, 0.2) is 16.3 Å². The van der Waals surface area contributed by atoms with Crippen LogP contribution < -0.4 is 24.4 Å². The number of aromatic nitrogens is 2. The van der Waals surface area contributed by atoms with Gasteiger partial charge in [-0.1, -0.05) is 48.3 Å². The van der Waals surface area contributed by atoms with Crippen molar-refractivity contribution in [2.24, 2.45) is 12.0 Å². The van der Waals surface area contributed by atoms with Gasteiger partial charge in [0.1, 0.15) is 6.61 Å². The van der Waals surface area contributed by atoms with E-state index in [1.807, 2.05) is 67.2 Å². The SMILES string of the molecule is C=CCOc1ccc([C@@H]2C(C(=O)OCC)=C(C)N=c3sc(=Cc4cn(C)c5ccccc45)c(=O)n32)cc1OCC. The lowest BCUT2D eigenvalue weighted by molar-refractivity contribution is -0.139. The molecule has 40 heavy (non-hydrogen) atoms. The second-order valence-electron chi connectivity index (χ2n) is 9.25. The monoisotopic (exact) mass is 557 g/mol. The Balaban J connectivity index is 1.72. The van der Waals surface area contributed by atoms with Crippen molar-refractivity contribution >= 4 is 34.3 Å². The van der Waals surface area contributed by atoms with Crippen molar-refractivity contribution in [2.75, 3.05) is 19.8 Å². The zero-order chi connectivity index (χ0) is 28.4. The molecule has 206 valence electrons. The van der Waals surface area contributed by atoms with Gasteiger partial charge in [0.25, 0.3) is 5.56 Å². The van der Waals surface area contributed by atoms with Gasteiger partial charge in [0, 0.05) is 29.7 Å². The lowest BCUT2D eigenvalue weighted by Crippen LogP contribution is -2.40. The Bertz CT molecular complexity index is 1830. The predicted molar refractivity (Wildman–Crippen MR) is 157 cm³/mol. The minimum atomic E-state index is -0.752. The standard InChI is InChI=1S/C31H31N3O5S/c1-6-15-39-24-14-13-20(16-25(24)37-7-2)28-27(30(36)38-8-3)19(4)32-31-34(28)29(35)26(40-31)17-21-18-33(5)23-12-10-9-11-22(21)23/h6,9-14,16-18,28H,1,7-8,15H2,2-5H3/t28-/m1/s1. The number of para-hydroxylation sites is 1. The van der Waals surface area contributed by atoms with Crippen LogP contribution in [0, 0.1) is 0 Å². The Morgan fingerprint density at radius 3 is 2.67 bits per heavy atom.